The fraction of sp³-hybridized carbons (Fsp3) is 0.800. The zero-order valence-electron chi connectivity index (χ0n) is 11.0. The number of hydrogen-bond acceptors (Lipinski definition) is 7. The Kier molecular flexibility index (Phi) is 5.10. The van der Waals surface area contributed by atoms with Crippen LogP contribution in [-0.4, -0.2) is 77.2 Å². The minimum atomic E-state index is -4.23. The fourth-order valence-corrected chi connectivity index (χ4v) is 2.85. The monoisotopic (exact) mass is 323 g/mol. The predicted molar refractivity (Wildman–Crippen MR) is 68.3 cm³/mol. The van der Waals surface area contributed by atoms with Gasteiger partial charge in [0.05, 0.1) is 30.3 Å². The lowest BCUT2D eigenvalue weighted by Gasteiger charge is -2.40. The van der Waals surface area contributed by atoms with Gasteiger partial charge in [-0.1, -0.05) is 0 Å². The van der Waals surface area contributed by atoms with E-state index in [4.69, 9.17) is 14.5 Å². The molecule has 0 saturated carbocycles. The van der Waals surface area contributed by atoms with Crippen LogP contribution in [0.1, 0.15) is 12.1 Å². The molecule has 21 heavy (non-hydrogen) atoms. The van der Waals surface area contributed by atoms with Crippen LogP contribution in [0.4, 0.5) is 0 Å². The van der Waals surface area contributed by atoms with Crippen molar-refractivity contribution in [2.75, 3.05) is 6.16 Å². The fourth-order valence-electron chi connectivity index (χ4n) is 2.26. The van der Waals surface area contributed by atoms with E-state index in [9.17, 15) is 19.9 Å². The van der Waals surface area contributed by atoms with Crippen molar-refractivity contribution in [3.05, 3.63) is 11.9 Å². The third kappa shape index (κ3) is 4.30. The van der Waals surface area contributed by atoms with Crippen LogP contribution >= 0.6 is 7.60 Å². The summed E-state index contributed by atoms with van der Waals surface area (Å²) in [4.78, 5) is 17.7. The van der Waals surface area contributed by atoms with Gasteiger partial charge in [-0.15, -0.1) is 0 Å². The second-order valence-corrected chi connectivity index (χ2v) is 6.80. The highest BCUT2D eigenvalue weighted by Gasteiger charge is 2.44. The quantitative estimate of drug-likeness (QED) is 0.328. The number of nitrogens with zero attached hydrogens (tertiary/aromatic N) is 2. The van der Waals surface area contributed by atoms with Crippen molar-refractivity contribution in [1.29, 1.82) is 0 Å². The Morgan fingerprint density at radius 1 is 1.19 bits per heavy atom. The zero-order valence-corrected chi connectivity index (χ0v) is 11.9. The van der Waals surface area contributed by atoms with E-state index >= 15 is 0 Å². The lowest BCUT2D eigenvalue weighted by molar-refractivity contribution is -0.221. The Labute approximate surface area is 119 Å². The molecule has 1 aliphatic heterocycles. The summed E-state index contributed by atoms with van der Waals surface area (Å²) in [6.45, 7) is 0. The second kappa shape index (κ2) is 6.49. The number of aromatic amines is 1. The summed E-state index contributed by atoms with van der Waals surface area (Å²) in [6, 6.07) is 0. The smallest absolute Gasteiger partial charge is 0.325 e. The Morgan fingerprint density at radius 2 is 1.86 bits per heavy atom. The number of rotatable bonds is 5. The molecule has 11 heteroatoms. The third-order valence-electron chi connectivity index (χ3n) is 3.39. The predicted octanol–water partition coefficient (Wildman–Crippen LogP) is -2.23. The van der Waals surface area contributed by atoms with Crippen molar-refractivity contribution in [2.24, 2.45) is 0 Å². The van der Waals surface area contributed by atoms with Gasteiger partial charge in [-0.25, -0.2) is 0 Å². The summed E-state index contributed by atoms with van der Waals surface area (Å²) >= 11 is 0. The third-order valence-corrected chi connectivity index (χ3v) is 4.23. The SMILES string of the molecule is O=P(O)(O)CC[C@H]1O[C@H](Cc2cn[nH]n2)[C@@H](O)[C@@H](O)[C@@H]1O. The van der Waals surface area contributed by atoms with E-state index in [1.807, 2.05) is 0 Å². The van der Waals surface area contributed by atoms with Gasteiger partial charge < -0.3 is 29.8 Å². The van der Waals surface area contributed by atoms with Crippen LogP contribution in [0.15, 0.2) is 6.20 Å². The summed E-state index contributed by atoms with van der Waals surface area (Å²) in [6.07, 6.45) is -5.08. The van der Waals surface area contributed by atoms with Gasteiger partial charge >= 0.3 is 7.60 Å². The molecule has 10 nitrogen and oxygen atoms in total. The molecule has 1 aromatic rings. The average Bonchev–Trinajstić information content (AvgIpc) is 2.90. The number of aromatic nitrogens is 3. The van der Waals surface area contributed by atoms with Gasteiger partial charge in [-0.05, 0) is 6.42 Å². The van der Waals surface area contributed by atoms with Crippen LogP contribution in [0.5, 0.6) is 0 Å². The first-order valence-corrected chi connectivity index (χ1v) is 8.16. The maximum absolute atomic E-state index is 10.9. The highest BCUT2D eigenvalue weighted by molar-refractivity contribution is 7.51. The summed E-state index contributed by atoms with van der Waals surface area (Å²) in [7, 11) is -4.23. The summed E-state index contributed by atoms with van der Waals surface area (Å²) in [5.74, 6) is 0. The van der Waals surface area contributed by atoms with Gasteiger partial charge in [0.25, 0.3) is 0 Å². The van der Waals surface area contributed by atoms with E-state index in [0.717, 1.165) is 0 Å². The van der Waals surface area contributed by atoms with E-state index in [1.54, 1.807) is 0 Å². The summed E-state index contributed by atoms with van der Waals surface area (Å²) in [5, 5.41) is 39.4. The molecule has 0 aliphatic carbocycles. The number of H-pyrrole nitrogens is 1. The van der Waals surface area contributed by atoms with Crippen molar-refractivity contribution < 1.29 is 34.4 Å². The first kappa shape index (κ1) is 16.5. The summed E-state index contributed by atoms with van der Waals surface area (Å²) in [5.41, 5.74) is 0.497. The molecule has 5 atom stereocenters. The van der Waals surface area contributed by atoms with Gasteiger partial charge in [0.2, 0.25) is 0 Å². The molecule has 0 unspecified atom stereocenters. The van der Waals surface area contributed by atoms with Crippen LogP contribution in [0.3, 0.4) is 0 Å². The van der Waals surface area contributed by atoms with E-state index in [-0.39, 0.29) is 12.8 Å². The Bertz CT molecular complexity index is 493. The Hall–Kier alpha value is -0.870. The molecule has 0 amide bonds. The van der Waals surface area contributed by atoms with Crippen LogP contribution in [0.2, 0.25) is 0 Å². The van der Waals surface area contributed by atoms with E-state index in [2.05, 4.69) is 15.4 Å². The van der Waals surface area contributed by atoms with E-state index < -0.39 is 44.3 Å². The number of aliphatic hydroxyl groups is 3. The molecule has 1 aromatic heterocycles. The number of hydrogen-bond donors (Lipinski definition) is 6. The number of ether oxygens (including phenoxy) is 1. The normalized spacial score (nSPS) is 34.0. The van der Waals surface area contributed by atoms with Crippen LogP contribution in [0, 0.1) is 0 Å². The number of nitrogens with one attached hydrogen (secondary N) is 1. The molecule has 2 rings (SSSR count). The molecule has 1 saturated heterocycles. The van der Waals surface area contributed by atoms with Crippen molar-refractivity contribution >= 4 is 7.60 Å². The lowest BCUT2D eigenvalue weighted by Crippen LogP contribution is -2.58. The number of aliphatic hydroxyl groups excluding tert-OH is 3. The minimum absolute atomic E-state index is 0.134. The van der Waals surface area contributed by atoms with Crippen LogP contribution < -0.4 is 0 Å². The molecule has 120 valence electrons. The standard InChI is InChI=1S/C10H18N3O7P/c14-8-6(1-2-21(17,18)19)20-7(9(15)10(8)16)3-5-4-11-13-12-5/h4,6-10,14-16H,1-3H2,(H,11,12,13)(H2,17,18,19)/t6-,7-,8-,9-,10+/m1/s1. The molecule has 2 heterocycles. The molecule has 1 aliphatic rings. The van der Waals surface area contributed by atoms with Gasteiger partial charge in [0, 0.05) is 6.42 Å². The Balaban J connectivity index is 2.03. The molecule has 0 bridgehead atoms. The van der Waals surface area contributed by atoms with Crippen molar-refractivity contribution in [2.45, 2.75) is 43.4 Å². The molecule has 1 fully saturated rings. The lowest BCUT2D eigenvalue weighted by atomic mass is 9.92. The average molecular weight is 323 g/mol. The van der Waals surface area contributed by atoms with Gasteiger partial charge in [-0.3, -0.25) is 4.57 Å². The largest absolute Gasteiger partial charge is 0.388 e. The van der Waals surface area contributed by atoms with E-state index in [0.29, 0.717) is 5.69 Å². The van der Waals surface area contributed by atoms with Crippen LogP contribution in [-0.2, 0) is 15.7 Å². The zero-order chi connectivity index (χ0) is 15.6. The highest BCUT2D eigenvalue weighted by Crippen LogP contribution is 2.37. The molecule has 6 N–H and O–H groups in total. The molecule has 0 aromatic carbocycles. The molecule has 0 radical (unpaired) electrons. The maximum atomic E-state index is 10.9. The Morgan fingerprint density at radius 3 is 2.43 bits per heavy atom. The first-order valence-electron chi connectivity index (χ1n) is 6.37. The van der Waals surface area contributed by atoms with Gasteiger partial charge in [0.15, 0.2) is 0 Å². The maximum Gasteiger partial charge on any atom is 0.325 e. The van der Waals surface area contributed by atoms with E-state index in [1.165, 1.54) is 6.20 Å². The summed E-state index contributed by atoms with van der Waals surface area (Å²) < 4.78 is 16.4. The van der Waals surface area contributed by atoms with Crippen molar-refractivity contribution in [1.82, 2.24) is 15.4 Å². The van der Waals surface area contributed by atoms with Gasteiger partial charge in [0.1, 0.15) is 18.3 Å². The first-order chi connectivity index (χ1) is 9.78. The minimum Gasteiger partial charge on any atom is -0.388 e. The molecular weight excluding hydrogens is 305 g/mol. The molecule has 0 spiro atoms. The topological polar surface area (TPSA) is 169 Å². The highest BCUT2D eigenvalue weighted by atomic mass is 31.2. The van der Waals surface area contributed by atoms with Crippen molar-refractivity contribution in [3.63, 3.8) is 0 Å². The van der Waals surface area contributed by atoms with Crippen molar-refractivity contribution in [3.8, 4) is 0 Å². The van der Waals surface area contributed by atoms with Crippen LogP contribution in [0.25, 0.3) is 0 Å². The second-order valence-electron chi connectivity index (χ2n) is 5.03. The van der Waals surface area contributed by atoms with Gasteiger partial charge in [-0.2, -0.15) is 15.4 Å². The molecular formula is C10H18N3O7P.